The summed E-state index contributed by atoms with van der Waals surface area (Å²) in [5, 5.41) is 4.67. The van der Waals surface area contributed by atoms with Crippen molar-refractivity contribution >= 4 is 0 Å². The summed E-state index contributed by atoms with van der Waals surface area (Å²) < 4.78 is 2.11. The van der Waals surface area contributed by atoms with Crippen LogP contribution in [0, 0.1) is 0 Å². The van der Waals surface area contributed by atoms with Crippen LogP contribution in [0.2, 0.25) is 0 Å². The van der Waals surface area contributed by atoms with Crippen LogP contribution in [0.4, 0.5) is 0 Å². The average molecular weight is 193 g/mol. The Hall–Kier alpha value is -0.830. The lowest BCUT2D eigenvalue weighted by Gasteiger charge is -2.22. The van der Waals surface area contributed by atoms with Gasteiger partial charge in [-0.05, 0) is 45.6 Å². The molecule has 0 saturated heterocycles. The molecule has 0 saturated carbocycles. The smallest absolute Gasteiger partial charge is 0.0660 e. The van der Waals surface area contributed by atoms with Gasteiger partial charge in [-0.15, -0.1) is 0 Å². The van der Waals surface area contributed by atoms with E-state index in [1.807, 2.05) is 0 Å². The normalized spacial score (nSPS) is 16.0. The van der Waals surface area contributed by atoms with Gasteiger partial charge < -0.3 is 5.73 Å². The zero-order chi connectivity index (χ0) is 10.3. The minimum atomic E-state index is 0.0546. The highest BCUT2D eigenvalue weighted by molar-refractivity contribution is 5.31. The lowest BCUT2D eigenvalue weighted by Crippen LogP contribution is -2.27. The van der Waals surface area contributed by atoms with Crippen LogP contribution in [0.5, 0.6) is 0 Å². The second-order valence-electron chi connectivity index (χ2n) is 5.01. The fourth-order valence-electron chi connectivity index (χ4n) is 2.22. The molecule has 0 amide bonds. The lowest BCUT2D eigenvalue weighted by atomic mass is 10.1. The summed E-state index contributed by atoms with van der Waals surface area (Å²) in [6.07, 6.45) is 3.54. The zero-order valence-electron chi connectivity index (χ0n) is 9.30. The molecule has 2 N–H and O–H groups in total. The third kappa shape index (κ3) is 1.36. The van der Waals surface area contributed by atoms with Crippen molar-refractivity contribution in [2.24, 2.45) is 5.73 Å². The summed E-state index contributed by atoms with van der Waals surface area (Å²) in [5.74, 6) is 0. The van der Waals surface area contributed by atoms with Gasteiger partial charge in [0.1, 0.15) is 0 Å². The maximum Gasteiger partial charge on any atom is 0.0660 e. The van der Waals surface area contributed by atoms with Crippen LogP contribution >= 0.6 is 0 Å². The second-order valence-corrected chi connectivity index (χ2v) is 5.01. The summed E-state index contributed by atoms with van der Waals surface area (Å²) in [6.45, 7) is 7.14. The Morgan fingerprint density at radius 2 is 2.07 bits per heavy atom. The summed E-state index contributed by atoms with van der Waals surface area (Å²) in [7, 11) is 0. The molecule has 0 radical (unpaired) electrons. The molecular formula is C11H19N3. The van der Waals surface area contributed by atoms with E-state index in [2.05, 4.69) is 30.6 Å². The molecule has 0 aromatic carbocycles. The van der Waals surface area contributed by atoms with Crippen molar-refractivity contribution in [3.05, 3.63) is 17.0 Å². The van der Waals surface area contributed by atoms with Gasteiger partial charge >= 0.3 is 0 Å². The first-order valence-corrected chi connectivity index (χ1v) is 5.34. The van der Waals surface area contributed by atoms with E-state index in [-0.39, 0.29) is 5.54 Å². The number of hydrogen-bond donors (Lipinski definition) is 1. The molecule has 2 rings (SSSR count). The number of aromatic nitrogens is 2. The molecular weight excluding hydrogens is 174 g/mol. The van der Waals surface area contributed by atoms with Crippen molar-refractivity contribution in [2.75, 3.05) is 0 Å². The van der Waals surface area contributed by atoms with Crippen LogP contribution < -0.4 is 5.73 Å². The number of nitrogens with zero attached hydrogens (tertiary/aromatic N) is 2. The molecule has 1 aliphatic carbocycles. The highest BCUT2D eigenvalue weighted by Gasteiger charge is 2.26. The van der Waals surface area contributed by atoms with Crippen LogP contribution in [-0.4, -0.2) is 9.78 Å². The topological polar surface area (TPSA) is 43.8 Å². The summed E-state index contributed by atoms with van der Waals surface area (Å²) >= 11 is 0. The van der Waals surface area contributed by atoms with Crippen molar-refractivity contribution in [1.82, 2.24) is 9.78 Å². The maximum atomic E-state index is 5.80. The molecule has 1 aliphatic rings. The molecule has 1 aromatic heterocycles. The van der Waals surface area contributed by atoms with E-state index in [1.165, 1.54) is 23.4 Å². The maximum absolute atomic E-state index is 5.80. The number of rotatable bonds is 1. The molecule has 1 heterocycles. The van der Waals surface area contributed by atoms with Gasteiger partial charge in [0.2, 0.25) is 0 Å². The molecule has 78 valence electrons. The number of hydrogen-bond acceptors (Lipinski definition) is 2. The Balaban J connectivity index is 2.52. The lowest BCUT2D eigenvalue weighted by molar-refractivity contribution is 0.340. The van der Waals surface area contributed by atoms with Gasteiger partial charge in [0, 0.05) is 6.54 Å². The molecule has 0 unspecified atom stereocenters. The van der Waals surface area contributed by atoms with E-state index in [1.54, 1.807) is 0 Å². The first-order valence-electron chi connectivity index (χ1n) is 5.34. The van der Waals surface area contributed by atoms with Crippen molar-refractivity contribution in [1.29, 1.82) is 0 Å². The fraction of sp³-hybridized carbons (Fsp3) is 0.727. The van der Waals surface area contributed by atoms with Gasteiger partial charge in [0.05, 0.1) is 16.9 Å². The van der Waals surface area contributed by atoms with Crippen molar-refractivity contribution in [2.45, 2.75) is 52.1 Å². The Morgan fingerprint density at radius 3 is 2.64 bits per heavy atom. The Kier molecular flexibility index (Phi) is 2.14. The molecule has 0 aliphatic heterocycles. The van der Waals surface area contributed by atoms with E-state index in [0.717, 1.165) is 12.8 Å². The molecule has 3 nitrogen and oxygen atoms in total. The highest BCUT2D eigenvalue weighted by Crippen LogP contribution is 2.28. The Labute approximate surface area is 85.3 Å². The van der Waals surface area contributed by atoms with E-state index in [9.17, 15) is 0 Å². The van der Waals surface area contributed by atoms with Crippen molar-refractivity contribution in [3.63, 3.8) is 0 Å². The third-order valence-electron chi connectivity index (χ3n) is 2.84. The predicted molar refractivity (Wildman–Crippen MR) is 57.1 cm³/mol. The van der Waals surface area contributed by atoms with Gasteiger partial charge in [-0.3, -0.25) is 4.68 Å². The largest absolute Gasteiger partial charge is 0.325 e. The van der Waals surface area contributed by atoms with Gasteiger partial charge in [-0.25, -0.2) is 0 Å². The van der Waals surface area contributed by atoms with Crippen LogP contribution in [0.1, 0.15) is 44.1 Å². The zero-order valence-corrected chi connectivity index (χ0v) is 9.30. The molecule has 1 aromatic rings. The molecule has 0 atom stereocenters. The van der Waals surface area contributed by atoms with Crippen LogP contribution in [0.25, 0.3) is 0 Å². The van der Waals surface area contributed by atoms with Crippen LogP contribution in [0.3, 0.4) is 0 Å². The molecule has 3 heteroatoms. The summed E-state index contributed by atoms with van der Waals surface area (Å²) in [6, 6.07) is 0. The number of fused-ring (bicyclic) bond motifs is 1. The summed E-state index contributed by atoms with van der Waals surface area (Å²) in [5.41, 5.74) is 9.80. The van der Waals surface area contributed by atoms with Gasteiger partial charge in [0.25, 0.3) is 0 Å². The second kappa shape index (κ2) is 3.09. The fourth-order valence-corrected chi connectivity index (χ4v) is 2.22. The first-order chi connectivity index (χ1) is 6.54. The third-order valence-corrected chi connectivity index (χ3v) is 2.84. The van der Waals surface area contributed by atoms with E-state index >= 15 is 0 Å². The minimum absolute atomic E-state index is 0.0546. The highest BCUT2D eigenvalue weighted by atomic mass is 15.3. The SMILES string of the molecule is CC(C)(C)n1nc2c(c1CN)CCC2. The average Bonchev–Trinajstić information content (AvgIpc) is 2.58. The van der Waals surface area contributed by atoms with Crippen LogP contribution in [-0.2, 0) is 24.9 Å². The van der Waals surface area contributed by atoms with Crippen LogP contribution in [0.15, 0.2) is 0 Å². The van der Waals surface area contributed by atoms with E-state index in [0.29, 0.717) is 6.54 Å². The van der Waals surface area contributed by atoms with Gasteiger partial charge in [-0.1, -0.05) is 0 Å². The quantitative estimate of drug-likeness (QED) is 0.736. The number of aryl methyl sites for hydroxylation is 1. The minimum Gasteiger partial charge on any atom is -0.325 e. The van der Waals surface area contributed by atoms with Gasteiger partial charge in [-0.2, -0.15) is 5.10 Å². The van der Waals surface area contributed by atoms with E-state index in [4.69, 9.17) is 5.73 Å². The molecule has 0 spiro atoms. The summed E-state index contributed by atoms with van der Waals surface area (Å²) in [4.78, 5) is 0. The number of nitrogens with two attached hydrogens (primary N) is 1. The standard InChI is InChI=1S/C11H19N3/c1-11(2,3)14-10(7-12)8-5-4-6-9(8)13-14/h4-7,12H2,1-3H3. The van der Waals surface area contributed by atoms with Crippen molar-refractivity contribution < 1.29 is 0 Å². The van der Waals surface area contributed by atoms with E-state index < -0.39 is 0 Å². The molecule has 0 fully saturated rings. The van der Waals surface area contributed by atoms with Gasteiger partial charge in [0.15, 0.2) is 0 Å². The Bertz CT molecular complexity index is 344. The van der Waals surface area contributed by atoms with Crippen molar-refractivity contribution in [3.8, 4) is 0 Å². The first kappa shape index (κ1) is 9.71. The molecule has 14 heavy (non-hydrogen) atoms. The predicted octanol–water partition coefficient (Wildman–Crippen LogP) is 1.59. The monoisotopic (exact) mass is 193 g/mol. The Morgan fingerprint density at radius 1 is 1.36 bits per heavy atom. The molecule has 0 bridgehead atoms.